The predicted octanol–water partition coefficient (Wildman–Crippen LogP) is -0.873. The van der Waals surface area contributed by atoms with Gasteiger partial charge in [0.1, 0.15) is 6.04 Å². The SMILES string of the molecule is CN1C2C(=O)CN(C(=O)O)C2CN1C(=O)O. The quantitative estimate of drug-likeness (QED) is 0.559. The van der Waals surface area contributed by atoms with Gasteiger partial charge in [-0.25, -0.2) is 19.6 Å². The Labute approximate surface area is 90.6 Å². The molecule has 8 nitrogen and oxygen atoms in total. The predicted molar refractivity (Wildman–Crippen MR) is 49.8 cm³/mol. The maximum atomic E-state index is 11.6. The minimum absolute atomic E-state index is 0.00847. The van der Waals surface area contributed by atoms with Crippen LogP contribution in [0.3, 0.4) is 0 Å². The number of hydrazine groups is 1. The Morgan fingerprint density at radius 2 is 1.94 bits per heavy atom. The van der Waals surface area contributed by atoms with Gasteiger partial charge in [-0.1, -0.05) is 0 Å². The summed E-state index contributed by atoms with van der Waals surface area (Å²) in [4.78, 5) is 34.3. The number of ketones is 1. The molecule has 2 aliphatic rings. The molecule has 2 N–H and O–H groups in total. The van der Waals surface area contributed by atoms with Gasteiger partial charge in [-0.3, -0.25) is 9.69 Å². The van der Waals surface area contributed by atoms with Gasteiger partial charge in [-0.2, -0.15) is 0 Å². The van der Waals surface area contributed by atoms with Gasteiger partial charge < -0.3 is 10.2 Å². The molecule has 2 heterocycles. The van der Waals surface area contributed by atoms with E-state index in [0.29, 0.717) is 0 Å². The van der Waals surface area contributed by atoms with Gasteiger partial charge in [0, 0.05) is 7.05 Å². The zero-order valence-corrected chi connectivity index (χ0v) is 8.53. The molecule has 8 heteroatoms. The van der Waals surface area contributed by atoms with Gasteiger partial charge in [-0.15, -0.1) is 0 Å². The number of likely N-dealkylation sites (N-methyl/N-ethyl adjacent to an activating group) is 1. The van der Waals surface area contributed by atoms with Gasteiger partial charge in [-0.05, 0) is 0 Å². The minimum Gasteiger partial charge on any atom is -0.465 e. The molecular formula is C8H11N3O5. The number of fused-ring (bicyclic) bond motifs is 1. The lowest BCUT2D eigenvalue weighted by atomic mass is 10.1. The number of hydrogen-bond donors (Lipinski definition) is 2. The summed E-state index contributed by atoms with van der Waals surface area (Å²) in [5.74, 6) is -0.265. The van der Waals surface area contributed by atoms with Crippen LogP contribution in [0.15, 0.2) is 0 Å². The van der Waals surface area contributed by atoms with E-state index in [0.717, 1.165) is 9.91 Å². The van der Waals surface area contributed by atoms with Crippen molar-refractivity contribution in [1.29, 1.82) is 0 Å². The molecule has 0 bridgehead atoms. The van der Waals surface area contributed by atoms with Crippen molar-refractivity contribution in [2.45, 2.75) is 12.1 Å². The molecule has 0 radical (unpaired) electrons. The Kier molecular flexibility index (Phi) is 2.23. The molecule has 2 aliphatic heterocycles. The lowest BCUT2D eigenvalue weighted by Crippen LogP contribution is -2.44. The van der Waals surface area contributed by atoms with Crippen LogP contribution < -0.4 is 0 Å². The molecule has 2 saturated heterocycles. The van der Waals surface area contributed by atoms with Crippen molar-refractivity contribution in [2.24, 2.45) is 0 Å². The highest BCUT2D eigenvalue weighted by Gasteiger charge is 2.53. The number of nitrogens with zero attached hydrogens (tertiary/aromatic N) is 3. The van der Waals surface area contributed by atoms with Crippen LogP contribution in [0.25, 0.3) is 0 Å². The number of Topliss-reactive ketones (excluding diaryl/α,β-unsaturated/α-hetero) is 1. The summed E-state index contributed by atoms with van der Waals surface area (Å²) >= 11 is 0. The van der Waals surface area contributed by atoms with E-state index in [1.807, 2.05) is 0 Å². The summed E-state index contributed by atoms with van der Waals surface area (Å²) in [6.07, 6.45) is -2.38. The standard InChI is InChI=1S/C8H11N3O5/c1-9-6-4(2-11(9)8(15)16)10(7(13)14)3-5(6)12/h4,6H,2-3H2,1H3,(H,13,14)(H,15,16). The fourth-order valence-corrected chi connectivity index (χ4v) is 2.30. The summed E-state index contributed by atoms with van der Waals surface area (Å²) in [5, 5.41) is 20.0. The van der Waals surface area contributed by atoms with Crippen LogP contribution in [0, 0.1) is 0 Å². The molecule has 2 rings (SSSR count). The number of carbonyl (C=O) groups is 3. The summed E-state index contributed by atoms with van der Waals surface area (Å²) in [5.41, 5.74) is 0. The Balaban J connectivity index is 2.26. The van der Waals surface area contributed by atoms with Gasteiger partial charge in [0.05, 0.1) is 19.1 Å². The van der Waals surface area contributed by atoms with Gasteiger partial charge in [0.25, 0.3) is 0 Å². The van der Waals surface area contributed by atoms with Crippen LogP contribution in [-0.2, 0) is 4.79 Å². The third kappa shape index (κ3) is 1.30. The number of likely N-dealkylation sites (tertiary alicyclic amines) is 1. The fourth-order valence-electron chi connectivity index (χ4n) is 2.30. The van der Waals surface area contributed by atoms with Crippen molar-refractivity contribution in [3.05, 3.63) is 0 Å². The molecule has 0 aliphatic carbocycles. The second-order valence-electron chi connectivity index (χ2n) is 3.83. The first-order valence-corrected chi connectivity index (χ1v) is 4.69. The Morgan fingerprint density at radius 3 is 2.44 bits per heavy atom. The Hall–Kier alpha value is -1.83. The first-order valence-electron chi connectivity index (χ1n) is 4.69. The zero-order valence-electron chi connectivity index (χ0n) is 8.53. The molecule has 0 aromatic heterocycles. The number of rotatable bonds is 0. The van der Waals surface area contributed by atoms with Crippen molar-refractivity contribution >= 4 is 18.0 Å². The van der Waals surface area contributed by atoms with Gasteiger partial charge in [0.2, 0.25) is 0 Å². The first-order chi connectivity index (χ1) is 7.43. The summed E-state index contributed by atoms with van der Waals surface area (Å²) in [6.45, 7) is -0.156. The molecule has 2 unspecified atom stereocenters. The second kappa shape index (κ2) is 3.34. The molecule has 0 spiro atoms. The van der Waals surface area contributed by atoms with E-state index < -0.39 is 24.3 Å². The lowest BCUT2D eigenvalue weighted by Gasteiger charge is -2.23. The monoisotopic (exact) mass is 229 g/mol. The number of hydrogen-bond acceptors (Lipinski definition) is 4. The zero-order chi connectivity index (χ0) is 12.0. The van der Waals surface area contributed by atoms with Crippen LogP contribution in [-0.4, -0.2) is 75.3 Å². The smallest absolute Gasteiger partial charge is 0.422 e. The number of carbonyl (C=O) groups excluding carboxylic acids is 1. The van der Waals surface area contributed by atoms with Crippen LogP contribution in [0.2, 0.25) is 0 Å². The van der Waals surface area contributed by atoms with Crippen LogP contribution in [0.5, 0.6) is 0 Å². The van der Waals surface area contributed by atoms with E-state index in [4.69, 9.17) is 10.2 Å². The van der Waals surface area contributed by atoms with E-state index in [-0.39, 0.29) is 18.9 Å². The topological polar surface area (TPSA) is 101 Å². The van der Waals surface area contributed by atoms with Crippen molar-refractivity contribution < 1.29 is 24.6 Å². The fraction of sp³-hybridized carbons (Fsp3) is 0.625. The molecule has 88 valence electrons. The molecule has 0 aromatic rings. The molecule has 0 saturated carbocycles. The average molecular weight is 229 g/mol. The summed E-state index contributed by atoms with van der Waals surface area (Å²) in [6, 6.07) is -1.27. The van der Waals surface area contributed by atoms with Gasteiger partial charge in [0.15, 0.2) is 5.78 Å². The highest BCUT2D eigenvalue weighted by Crippen LogP contribution is 2.28. The lowest BCUT2D eigenvalue weighted by molar-refractivity contribution is -0.122. The van der Waals surface area contributed by atoms with Crippen LogP contribution in [0.1, 0.15) is 0 Å². The maximum absolute atomic E-state index is 11.6. The molecule has 2 amide bonds. The molecular weight excluding hydrogens is 218 g/mol. The second-order valence-corrected chi connectivity index (χ2v) is 3.83. The van der Waals surface area contributed by atoms with Crippen molar-refractivity contribution in [3.63, 3.8) is 0 Å². The molecule has 16 heavy (non-hydrogen) atoms. The third-order valence-corrected chi connectivity index (χ3v) is 3.03. The summed E-state index contributed by atoms with van der Waals surface area (Å²) < 4.78 is 0. The summed E-state index contributed by atoms with van der Waals surface area (Å²) in [7, 11) is 1.47. The van der Waals surface area contributed by atoms with Gasteiger partial charge >= 0.3 is 12.2 Å². The third-order valence-electron chi connectivity index (χ3n) is 3.03. The van der Waals surface area contributed by atoms with Crippen molar-refractivity contribution in [1.82, 2.24) is 14.9 Å². The van der Waals surface area contributed by atoms with Crippen LogP contribution >= 0.6 is 0 Å². The highest BCUT2D eigenvalue weighted by molar-refractivity contribution is 5.93. The van der Waals surface area contributed by atoms with E-state index in [2.05, 4.69) is 0 Å². The van der Waals surface area contributed by atoms with E-state index in [9.17, 15) is 14.4 Å². The van der Waals surface area contributed by atoms with Crippen LogP contribution in [0.4, 0.5) is 9.59 Å². The Bertz CT molecular complexity index is 371. The normalized spacial score (nSPS) is 29.7. The van der Waals surface area contributed by atoms with E-state index in [1.54, 1.807) is 0 Å². The average Bonchev–Trinajstić information content (AvgIpc) is 2.66. The highest BCUT2D eigenvalue weighted by atomic mass is 16.4. The molecule has 2 atom stereocenters. The molecule has 0 aromatic carbocycles. The Morgan fingerprint density at radius 1 is 1.31 bits per heavy atom. The van der Waals surface area contributed by atoms with E-state index >= 15 is 0 Å². The number of carboxylic acid groups (broad SMARTS) is 2. The van der Waals surface area contributed by atoms with Crippen molar-refractivity contribution in [2.75, 3.05) is 20.1 Å². The first kappa shape index (κ1) is 10.7. The van der Waals surface area contributed by atoms with E-state index in [1.165, 1.54) is 12.1 Å². The minimum atomic E-state index is -1.19. The molecule has 2 fully saturated rings. The van der Waals surface area contributed by atoms with Crippen molar-refractivity contribution in [3.8, 4) is 0 Å². The number of amides is 2. The maximum Gasteiger partial charge on any atom is 0.422 e. The largest absolute Gasteiger partial charge is 0.465 e.